The number of aromatic nitrogens is 1. The van der Waals surface area contributed by atoms with Crippen molar-refractivity contribution in [3.8, 4) is 6.07 Å². The topological polar surface area (TPSA) is 103 Å². The number of aryl methyl sites for hydroxylation is 2. The normalized spacial score (nSPS) is 13.1. The van der Waals surface area contributed by atoms with E-state index in [0.29, 0.717) is 16.3 Å². The Morgan fingerprint density at radius 2 is 1.93 bits per heavy atom. The number of hydrogen-bond acceptors (Lipinski definition) is 5. The van der Waals surface area contributed by atoms with E-state index in [1.165, 1.54) is 30.3 Å². The monoisotopic (exact) mass is 381 g/mol. The zero-order chi connectivity index (χ0) is 19.2. The number of nitrogens with zero attached hydrogens (tertiary/aromatic N) is 2. The standard InChI is InChI=1S/C20H19N3O3S/c21-11-15-10-14-4-2-1-3-5-17(14)23-19(15)27-12-18(24)22-16-8-6-13(7-9-16)20(25)26/h6-10H,1-5,12H2,(H,22,24)(H,25,26). The van der Waals surface area contributed by atoms with Crippen LogP contribution in [0.15, 0.2) is 35.4 Å². The first-order valence-corrected chi connectivity index (χ1v) is 9.74. The highest BCUT2D eigenvalue weighted by Crippen LogP contribution is 2.27. The fraction of sp³-hybridized carbons (Fsp3) is 0.300. The summed E-state index contributed by atoms with van der Waals surface area (Å²) in [5, 5.41) is 21.6. The number of carboxylic acids is 1. The van der Waals surface area contributed by atoms with Crippen LogP contribution in [0.2, 0.25) is 0 Å². The summed E-state index contributed by atoms with van der Waals surface area (Å²) < 4.78 is 0. The van der Waals surface area contributed by atoms with Gasteiger partial charge in [0.1, 0.15) is 11.1 Å². The molecule has 1 aromatic carbocycles. The zero-order valence-electron chi connectivity index (χ0n) is 14.7. The van der Waals surface area contributed by atoms with Crippen molar-refractivity contribution in [1.29, 1.82) is 5.26 Å². The van der Waals surface area contributed by atoms with Crippen LogP contribution < -0.4 is 5.32 Å². The van der Waals surface area contributed by atoms with Gasteiger partial charge in [-0.05, 0) is 61.6 Å². The first-order chi connectivity index (χ1) is 13.1. The molecule has 1 heterocycles. The van der Waals surface area contributed by atoms with Gasteiger partial charge in [0.15, 0.2) is 0 Å². The van der Waals surface area contributed by atoms with Crippen molar-refractivity contribution in [2.75, 3.05) is 11.1 Å². The van der Waals surface area contributed by atoms with E-state index in [1.807, 2.05) is 6.07 Å². The van der Waals surface area contributed by atoms with E-state index >= 15 is 0 Å². The molecule has 1 aromatic heterocycles. The number of thioether (sulfide) groups is 1. The number of carbonyl (C=O) groups excluding carboxylic acids is 1. The van der Waals surface area contributed by atoms with Crippen LogP contribution >= 0.6 is 11.8 Å². The third kappa shape index (κ3) is 4.86. The van der Waals surface area contributed by atoms with Crippen LogP contribution in [0.3, 0.4) is 0 Å². The SMILES string of the molecule is N#Cc1cc2c(nc1SCC(=O)Nc1ccc(C(=O)O)cc1)CCCCC2. The lowest BCUT2D eigenvalue weighted by molar-refractivity contribution is -0.113. The first kappa shape index (κ1) is 18.9. The fourth-order valence-corrected chi connectivity index (χ4v) is 3.78. The minimum Gasteiger partial charge on any atom is -0.478 e. The van der Waals surface area contributed by atoms with Gasteiger partial charge in [-0.15, -0.1) is 0 Å². The summed E-state index contributed by atoms with van der Waals surface area (Å²) in [6, 6.07) is 10.1. The van der Waals surface area contributed by atoms with Gasteiger partial charge in [0, 0.05) is 11.4 Å². The lowest BCUT2D eigenvalue weighted by Crippen LogP contribution is -2.14. The average molecular weight is 381 g/mol. The molecule has 7 heteroatoms. The predicted octanol–water partition coefficient (Wildman–Crippen LogP) is 3.65. The van der Waals surface area contributed by atoms with Crippen molar-refractivity contribution in [2.24, 2.45) is 0 Å². The molecule has 0 atom stereocenters. The van der Waals surface area contributed by atoms with Gasteiger partial charge in [-0.3, -0.25) is 4.79 Å². The molecule has 0 spiro atoms. The molecule has 0 fully saturated rings. The first-order valence-electron chi connectivity index (χ1n) is 8.75. The molecule has 0 aliphatic heterocycles. The van der Waals surface area contributed by atoms with Gasteiger partial charge in [-0.25, -0.2) is 9.78 Å². The van der Waals surface area contributed by atoms with E-state index < -0.39 is 5.97 Å². The summed E-state index contributed by atoms with van der Waals surface area (Å²) in [6.45, 7) is 0. The van der Waals surface area contributed by atoms with Gasteiger partial charge >= 0.3 is 5.97 Å². The second kappa shape index (κ2) is 8.69. The number of rotatable bonds is 5. The van der Waals surface area contributed by atoms with Crippen LogP contribution in [0.25, 0.3) is 0 Å². The Hall–Kier alpha value is -2.85. The number of amides is 1. The van der Waals surface area contributed by atoms with E-state index in [1.54, 1.807) is 12.1 Å². The summed E-state index contributed by atoms with van der Waals surface area (Å²) in [4.78, 5) is 27.7. The summed E-state index contributed by atoms with van der Waals surface area (Å²) in [5.74, 6) is -1.12. The van der Waals surface area contributed by atoms with Crippen LogP contribution in [-0.2, 0) is 17.6 Å². The molecule has 2 N–H and O–H groups in total. The number of carboxylic acid groups (broad SMARTS) is 1. The third-order valence-electron chi connectivity index (χ3n) is 4.39. The molecule has 0 unspecified atom stereocenters. The number of hydrogen-bond donors (Lipinski definition) is 2. The lowest BCUT2D eigenvalue weighted by Gasteiger charge is -2.10. The highest BCUT2D eigenvalue weighted by Gasteiger charge is 2.15. The summed E-state index contributed by atoms with van der Waals surface area (Å²) in [7, 11) is 0. The molecule has 1 aliphatic rings. The van der Waals surface area contributed by atoms with Crippen LogP contribution in [0.5, 0.6) is 0 Å². The molecule has 0 saturated carbocycles. The molecule has 3 rings (SSSR count). The molecule has 0 saturated heterocycles. The van der Waals surface area contributed by atoms with Crippen LogP contribution in [0.4, 0.5) is 5.69 Å². The summed E-state index contributed by atoms with van der Waals surface area (Å²) in [6.07, 6.45) is 5.26. The number of aromatic carboxylic acids is 1. The van der Waals surface area contributed by atoms with Gasteiger partial charge in [-0.2, -0.15) is 5.26 Å². The minimum atomic E-state index is -1.01. The number of carbonyl (C=O) groups is 2. The maximum atomic E-state index is 12.2. The molecule has 138 valence electrons. The van der Waals surface area contributed by atoms with E-state index in [9.17, 15) is 14.9 Å². The number of nitrogens with one attached hydrogen (secondary N) is 1. The Bertz CT molecular complexity index is 904. The number of anilines is 1. The molecule has 0 radical (unpaired) electrons. The molecule has 1 amide bonds. The van der Waals surface area contributed by atoms with Crippen molar-refractivity contribution in [3.63, 3.8) is 0 Å². The maximum Gasteiger partial charge on any atom is 0.335 e. The van der Waals surface area contributed by atoms with Crippen molar-refractivity contribution in [3.05, 3.63) is 52.7 Å². The predicted molar refractivity (Wildman–Crippen MR) is 103 cm³/mol. The van der Waals surface area contributed by atoms with E-state index in [-0.39, 0.29) is 17.2 Å². The Labute approximate surface area is 161 Å². The van der Waals surface area contributed by atoms with E-state index in [2.05, 4.69) is 16.4 Å². The molecule has 2 aromatic rings. The number of nitriles is 1. The Morgan fingerprint density at radius 3 is 2.63 bits per heavy atom. The van der Waals surface area contributed by atoms with Gasteiger partial charge in [0.2, 0.25) is 5.91 Å². The molecule has 27 heavy (non-hydrogen) atoms. The molecular formula is C20H19N3O3S. The highest BCUT2D eigenvalue weighted by atomic mass is 32.2. The van der Waals surface area contributed by atoms with E-state index in [0.717, 1.165) is 36.9 Å². The van der Waals surface area contributed by atoms with Crippen LogP contribution in [-0.4, -0.2) is 27.7 Å². The van der Waals surface area contributed by atoms with Crippen molar-refractivity contribution in [2.45, 2.75) is 37.1 Å². The highest BCUT2D eigenvalue weighted by molar-refractivity contribution is 8.00. The molecule has 6 nitrogen and oxygen atoms in total. The molecule has 1 aliphatic carbocycles. The van der Waals surface area contributed by atoms with Gasteiger partial charge in [-0.1, -0.05) is 18.2 Å². The van der Waals surface area contributed by atoms with Crippen LogP contribution in [0.1, 0.15) is 46.4 Å². The molecular weight excluding hydrogens is 362 g/mol. The Morgan fingerprint density at radius 1 is 1.19 bits per heavy atom. The maximum absolute atomic E-state index is 12.2. The Kier molecular flexibility index (Phi) is 6.09. The summed E-state index contributed by atoms with van der Waals surface area (Å²) >= 11 is 1.25. The Balaban J connectivity index is 1.65. The van der Waals surface area contributed by atoms with Gasteiger partial charge in [0.05, 0.1) is 16.9 Å². The zero-order valence-corrected chi connectivity index (χ0v) is 15.5. The second-order valence-electron chi connectivity index (χ2n) is 6.34. The number of pyridine rings is 1. The fourth-order valence-electron chi connectivity index (χ4n) is 3.01. The quantitative estimate of drug-likeness (QED) is 0.605. The van der Waals surface area contributed by atoms with E-state index in [4.69, 9.17) is 5.11 Å². The molecule has 0 bridgehead atoms. The second-order valence-corrected chi connectivity index (χ2v) is 7.30. The lowest BCUT2D eigenvalue weighted by atomic mass is 10.1. The van der Waals surface area contributed by atoms with Crippen molar-refractivity contribution >= 4 is 29.3 Å². The van der Waals surface area contributed by atoms with Crippen molar-refractivity contribution < 1.29 is 14.7 Å². The van der Waals surface area contributed by atoms with Crippen LogP contribution in [0, 0.1) is 11.3 Å². The van der Waals surface area contributed by atoms with Crippen molar-refractivity contribution in [1.82, 2.24) is 4.98 Å². The summed E-state index contributed by atoms with van der Waals surface area (Å²) in [5.41, 5.74) is 3.39. The number of benzene rings is 1. The third-order valence-corrected chi connectivity index (χ3v) is 5.38. The largest absolute Gasteiger partial charge is 0.478 e. The number of fused-ring (bicyclic) bond motifs is 1. The van der Waals surface area contributed by atoms with Gasteiger partial charge < -0.3 is 10.4 Å². The van der Waals surface area contributed by atoms with Gasteiger partial charge in [0.25, 0.3) is 0 Å². The average Bonchev–Trinajstić information content (AvgIpc) is 2.90. The smallest absolute Gasteiger partial charge is 0.335 e. The minimum absolute atomic E-state index is 0.126.